The number of anilines is 1. The van der Waals surface area contributed by atoms with Crippen molar-refractivity contribution in [2.24, 2.45) is 0 Å². The molecule has 0 bridgehead atoms. The number of aromatic nitrogens is 2. The molecule has 3 N–H and O–H groups in total. The lowest BCUT2D eigenvalue weighted by atomic mass is 9.68. The first-order chi connectivity index (χ1) is 19.5. The van der Waals surface area contributed by atoms with Crippen molar-refractivity contribution in [2.75, 3.05) is 45.3 Å². The maximum absolute atomic E-state index is 14.7. The molecule has 1 unspecified atom stereocenters. The van der Waals surface area contributed by atoms with E-state index in [1.54, 1.807) is 32.5 Å². The molecule has 8 nitrogen and oxygen atoms in total. The number of aliphatic hydroxyl groups excluding tert-OH is 1. The molecule has 4 heterocycles. The third-order valence-electron chi connectivity index (χ3n) is 8.63. The zero-order chi connectivity index (χ0) is 27.9. The van der Waals surface area contributed by atoms with Crippen LogP contribution in [0.2, 0.25) is 0 Å². The van der Waals surface area contributed by atoms with E-state index in [4.69, 9.17) is 4.74 Å². The molecule has 2 aromatic heterocycles. The Morgan fingerprint density at radius 1 is 1.20 bits per heavy atom. The Morgan fingerprint density at radius 2 is 2.00 bits per heavy atom. The lowest BCUT2D eigenvalue weighted by molar-refractivity contribution is 0.0616. The normalized spacial score (nSPS) is 18.6. The van der Waals surface area contributed by atoms with Crippen molar-refractivity contribution < 1.29 is 19.0 Å². The summed E-state index contributed by atoms with van der Waals surface area (Å²) in [6.45, 7) is 2.60. The molecule has 4 aromatic rings. The van der Waals surface area contributed by atoms with Crippen LogP contribution in [0.3, 0.4) is 0 Å². The third kappa shape index (κ3) is 4.49. The van der Waals surface area contributed by atoms with Crippen LogP contribution in [0, 0.1) is 5.82 Å². The maximum Gasteiger partial charge on any atom is 0.252 e. The van der Waals surface area contributed by atoms with Gasteiger partial charge in [-0.25, -0.2) is 9.37 Å². The van der Waals surface area contributed by atoms with Crippen LogP contribution in [0.5, 0.6) is 5.75 Å². The van der Waals surface area contributed by atoms with Crippen LogP contribution in [-0.4, -0.2) is 66.3 Å². The fourth-order valence-electron chi connectivity index (χ4n) is 6.55. The predicted molar refractivity (Wildman–Crippen MR) is 152 cm³/mol. The lowest BCUT2D eigenvalue weighted by Crippen LogP contribution is -2.53. The Hall–Kier alpha value is -3.95. The first kappa shape index (κ1) is 26.3. The number of pyridine rings is 1. The van der Waals surface area contributed by atoms with E-state index in [0.717, 1.165) is 54.1 Å². The molecular formula is C31H34FN5O3. The minimum Gasteiger partial charge on any atom is -0.497 e. The second-order valence-corrected chi connectivity index (χ2v) is 10.8. The smallest absolute Gasteiger partial charge is 0.252 e. The SMILES string of the molecule is CNC(=O)c1ccc(N2CCC3(CC2)CN(Cc2ccccc2F)C(CO)c2[nH]c4cc(OC)ccc4c23)nc1. The number of aromatic amines is 1. The Bertz CT molecular complexity index is 1530. The first-order valence-electron chi connectivity index (χ1n) is 13.7. The number of H-pyrrole nitrogens is 1. The van der Waals surface area contributed by atoms with Gasteiger partial charge < -0.3 is 25.0 Å². The monoisotopic (exact) mass is 543 g/mol. The van der Waals surface area contributed by atoms with E-state index < -0.39 is 0 Å². The fourth-order valence-corrected chi connectivity index (χ4v) is 6.55. The van der Waals surface area contributed by atoms with Gasteiger partial charge in [0.2, 0.25) is 0 Å². The second kappa shape index (κ2) is 10.6. The number of aliphatic hydroxyl groups is 1. The van der Waals surface area contributed by atoms with Gasteiger partial charge in [0.25, 0.3) is 5.91 Å². The molecule has 1 amide bonds. The highest BCUT2D eigenvalue weighted by molar-refractivity contribution is 5.93. The van der Waals surface area contributed by atoms with Crippen LogP contribution in [0.15, 0.2) is 60.8 Å². The molecule has 1 fully saturated rings. The molecular weight excluding hydrogens is 509 g/mol. The minimum atomic E-state index is -0.282. The van der Waals surface area contributed by atoms with Gasteiger partial charge in [-0.3, -0.25) is 9.69 Å². The van der Waals surface area contributed by atoms with Crippen LogP contribution < -0.4 is 15.0 Å². The van der Waals surface area contributed by atoms with Crippen LogP contribution >= 0.6 is 0 Å². The number of carbonyl (C=O) groups excluding carboxylic acids is 1. The Labute approximate surface area is 232 Å². The fraction of sp³-hybridized carbons (Fsp3) is 0.355. The molecule has 2 aromatic carbocycles. The second-order valence-electron chi connectivity index (χ2n) is 10.8. The number of hydrogen-bond donors (Lipinski definition) is 3. The molecule has 0 aliphatic carbocycles. The standard InChI is InChI=1S/C31H34FN5O3/c1-33-30(39)20-7-10-27(34-16-20)36-13-11-31(12-14-36)19-37(17-21-5-3-4-6-24(21)32)26(18-38)29-28(31)23-9-8-22(40-2)15-25(23)35-29/h3-10,15-16,26,35,38H,11-14,17-19H2,1-2H3,(H,33,39). The molecule has 2 aliphatic heterocycles. The molecule has 40 heavy (non-hydrogen) atoms. The van der Waals surface area contributed by atoms with Crippen LogP contribution in [0.25, 0.3) is 10.9 Å². The highest BCUT2D eigenvalue weighted by Gasteiger charge is 2.47. The van der Waals surface area contributed by atoms with Crippen molar-refractivity contribution in [1.29, 1.82) is 0 Å². The van der Waals surface area contributed by atoms with Gasteiger partial charge in [-0.2, -0.15) is 0 Å². The molecule has 1 spiro atoms. The number of ether oxygens (including phenoxy) is 1. The van der Waals surface area contributed by atoms with E-state index in [9.17, 15) is 14.3 Å². The Morgan fingerprint density at radius 3 is 2.67 bits per heavy atom. The summed E-state index contributed by atoms with van der Waals surface area (Å²) >= 11 is 0. The van der Waals surface area contributed by atoms with Gasteiger partial charge in [0.15, 0.2) is 0 Å². The van der Waals surface area contributed by atoms with E-state index in [-0.39, 0.29) is 29.8 Å². The topological polar surface area (TPSA) is 93.7 Å². The summed E-state index contributed by atoms with van der Waals surface area (Å²) in [7, 11) is 3.26. The van der Waals surface area contributed by atoms with Crippen molar-refractivity contribution in [3.05, 3.63) is 89.0 Å². The summed E-state index contributed by atoms with van der Waals surface area (Å²) in [6.07, 6.45) is 3.35. The number of hydrogen-bond acceptors (Lipinski definition) is 6. The largest absolute Gasteiger partial charge is 0.497 e. The highest BCUT2D eigenvalue weighted by Crippen LogP contribution is 2.49. The summed E-state index contributed by atoms with van der Waals surface area (Å²) in [6, 6.07) is 16.4. The van der Waals surface area contributed by atoms with Gasteiger partial charge in [0, 0.05) is 73.1 Å². The number of nitrogens with one attached hydrogen (secondary N) is 2. The number of amides is 1. The van der Waals surface area contributed by atoms with Crippen LogP contribution in [0.4, 0.5) is 10.2 Å². The highest BCUT2D eigenvalue weighted by atomic mass is 19.1. The van der Waals surface area contributed by atoms with Crippen molar-refractivity contribution >= 4 is 22.6 Å². The Balaban J connectivity index is 1.37. The summed E-state index contributed by atoms with van der Waals surface area (Å²) in [5.41, 5.74) is 4.17. The minimum absolute atomic E-state index is 0.0742. The van der Waals surface area contributed by atoms with E-state index in [1.807, 2.05) is 30.3 Å². The molecule has 1 saturated heterocycles. The summed E-state index contributed by atoms with van der Waals surface area (Å²) in [5.74, 6) is 1.22. The van der Waals surface area contributed by atoms with Gasteiger partial charge in [-0.15, -0.1) is 0 Å². The number of nitrogens with zero attached hydrogens (tertiary/aromatic N) is 3. The number of carbonyl (C=O) groups is 1. The quantitative estimate of drug-likeness (QED) is 0.338. The molecule has 208 valence electrons. The van der Waals surface area contributed by atoms with Gasteiger partial charge in [-0.05, 0) is 48.7 Å². The van der Waals surface area contributed by atoms with Crippen molar-refractivity contribution in [1.82, 2.24) is 20.2 Å². The molecule has 6 rings (SSSR count). The third-order valence-corrected chi connectivity index (χ3v) is 8.63. The Kier molecular flexibility index (Phi) is 6.93. The molecule has 0 radical (unpaired) electrons. The summed E-state index contributed by atoms with van der Waals surface area (Å²) < 4.78 is 20.2. The van der Waals surface area contributed by atoms with E-state index >= 15 is 0 Å². The van der Waals surface area contributed by atoms with Gasteiger partial charge in [-0.1, -0.05) is 18.2 Å². The first-order valence-corrected chi connectivity index (χ1v) is 13.7. The number of piperidine rings is 1. The van der Waals surface area contributed by atoms with Gasteiger partial charge in [0.05, 0.1) is 25.3 Å². The lowest BCUT2D eigenvalue weighted by Gasteiger charge is -2.50. The zero-order valence-electron chi connectivity index (χ0n) is 22.8. The van der Waals surface area contributed by atoms with Crippen molar-refractivity contribution in [3.8, 4) is 5.75 Å². The van der Waals surface area contributed by atoms with E-state index in [1.165, 1.54) is 11.6 Å². The number of methoxy groups -OCH3 is 1. The van der Waals surface area contributed by atoms with E-state index in [2.05, 4.69) is 31.2 Å². The number of rotatable bonds is 6. The summed E-state index contributed by atoms with van der Waals surface area (Å²) in [4.78, 5) is 24.6. The average Bonchev–Trinajstić information content (AvgIpc) is 3.38. The molecule has 9 heteroatoms. The number of benzene rings is 2. The zero-order valence-corrected chi connectivity index (χ0v) is 22.8. The maximum atomic E-state index is 14.7. The predicted octanol–water partition coefficient (Wildman–Crippen LogP) is 4.16. The average molecular weight is 544 g/mol. The van der Waals surface area contributed by atoms with Crippen molar-refractivity contribution in [2.45, 2.75) is 30.8 Å². The van der Waals surface area contributed by atoms with Crippen molar-refractivity contribution in [3.63, 3.8) is 0 Å². The van der Waals surface area contributed by atoms with Crippen LogP contribution in [-0.2, 0) is 12.0 Å². The molecule has 2 aliphatic rings. The molecule has 0 saturated carbocycles. The van der Waals surface area contributed by atoms with E-state index in [0.29, 0.717) is 24.2 Å². The summed E-state index contributed by atoms with van der Waals surface area (Å²) in [5, 5.41) is 14.4. The molecule has 1 atom stereocenters. The van der Waals surface area contributed by atoms with Crippen LogP contribution in [0.1, 0.15) is 46.1 Å². The van der Waals surface area contributed by atoms with Gasteiger partial charge >= 0.3 is 0 Å². The number of fused-ring (bicyclic) bond motifs is 4. The van der Waals surface area contributed by atoms with Gasteiger partial charge in [0.1, 0.15) is 17.4 Å². The number of halogens is 1.